The van der Waals surface area contributed by atoms with Crippen LogP contribution in [0, 0.1) is 19.1 Å². The van der Waals surface area contributed by atoms with Crippen molar-refractivity contribution in [3.63, 3.8) is 0 Å². The molecule has 0 atom stereocenters. The Labute approximate surface area is 327 Å². The molecular formula is C49H38IrN2Si-2. The molecule has 0 saturated carbocycles. The summed E-state index contributed by atoms with van der Waals surface area (Å²) in [5, 5.41) is 3.11. The van der Waals surface area contributed by atoms with Crippen molar-refractivity contribution in [1.82, 2.24) is 9.97 Å². The maximum atomic E-state index is 4.47. The summed E-state index contributed by atoms with van der Waals surface area (Å²) in [5.41, 5.74) is 15.3. The molecule has 2 aromatic heterocycles. The molecule has 0 fully saturated rings. The summed E-state index contributed by atoms with van der Waals surface area (Å²) >= 11 is 0. The minimum atomic E-state index is -1.76. The third-order valence-corrected chi connectivity index (χ3v) is 13.5. The quantitative estimate of drug-likeness (QED) is 0.127. The number of aromatic nitrogens is 2. The standard InChI is InChI=1S/C37H28NSi.C12H10N.Ir/c1-39(2)36-15-4-3-11-33(36)34-13-8-12-32(37(34)39)29-22-20-27(21-23-29)26-16-18-28(19-17-26)30-9-7-10-31(25-30)35-14-5-6-24-38-35;1-10-6-5-9-12(13-10)11-7-3-2-4-8-11;/h3-9,11-25H,1-2H3;2-7,9H,1H3;/q2*-1;. The summed E-state index contributed by atoms with van der Waals surface area (Å²) in [7, 11) is -1.76. The van der Waals surface area contributed by atoms with Crippen LogP contribution in [0.1, 0.15) is 5.69 Å². The van der Waals surface area contributed by atoms with Crippen LogP contribution in [-0.2, 0) is 20.1 Å². The minimum absolute atomic E-state index is 0. The summed E-state index contributed by atoms with van der Waals surface area (Å²) < 4.78 is 0. The van der Waals surface area contributed by atoms with Crippen molar-refractivity contribution in [3.05, 3.63) is 194 Å². The van der Waals surface area contributed by atoms with Gasteiger partial charge in [-0.1, -0.05) is 128 Å². The number of aryl methyl sites for hydroxylation is 1. The Hall–Kier alpha value is -5.51. The summed E-state index contributed by atoms with van der Waals surface area (Å²) in [5.74, 6) is 0. The molecule has 0 amide bonds. The number of hydrogen-bond donors (Lipinski definition) is 0. The van der Waals surface area contributed by atoms with E-state index in [4.69, 9.17) is 0 Å². The van der Waals surface area contributed by atoms with Crippen molar-refractivity contribution in [2.75, 3.05) is 0 Å². The monoisotopic (exact) mass is 875 g/mol. The molecule has 0 aliphatic carbocycles. The second kappa shape index (κ2) is 15.6. The second-order valence-corrected chi connectivity index (χ2v) is 18.0. The third kappa shape index (κ3) is 7.40. The zero-order valence-corrected chi connectivity index (χ0v) is 33.4. The van der Waals surface area contributed by atoms with E-state index in [-0.39, 0.29) is 20.1 Å². The van der Waals surface area contributed by atoms with E-state index in [1.807, 2.05) is 79.9 Å². The molecule has 0 N–H and O–H groups in total. The SMILES string of the molecule is C[Si]1(C)c2ccccc2-c2cccc(-c3ccc(-c4ccc(-c5cc[c-]c(-c6ccccn6)c5)cc4)cc3)c21.Cc1cccc(-c2[c-]cccc2)n1.[Ir]. The van der Waals surface area contributed by atoms with E-state index in [2.05, 4.69) is 138 Å². The molecule has 0 saturated heterocycles. The van der Waals surface area contributed by atoms with E-state index >= 15 is 0 Å². The zero-order valence-electron chi connectivity index (χ0n) is 30.0. The van der Waals surface area contributed by atoms with E-state index < -0.39 is 8.07 Å². The Morgan fingerprint density at radius 3 is 1.77 bits per heavy atom. The third-order valence-electron chi connectivity index (χ3n) is 9.94. The van der Waals surface area contributed by atoms with Gasteiger partial charge in [-0.05, 0) is 79.8 Å². The summed E-state index contributed by atoms with van der Waals surface area (Å²) in [4.78, 5) is 8.89. The first-order valence-electron chi connectivity index (χ1n) is 17.7. The molecule has 1 aliphatic heterocycles. The van der Waals surface area contributed by atoms with Crippen LogP contribution in [0.25, 0.3) is 67.0 Å². The van der Waals surface area contributed by atoms with Crippen molar-refractivity contribution in [3.8, 4) is 67.0 Å². The predicted molar refractivity (Wildman–Crippen MR) is 220 cm³/mol. The van der Waals surface area contributed by atoms with Crippen LogP contribution in [0.5, 0.6) is 0 Å². The van der Waals surface area contributed by atoms with E-state index in [1.54, 1.807) is 10.4 Å². The molecular weight excluding hydrogens is 837 g/mol. The van der Waals surface area contributed by atoms with E-state index in [1.165, 1.54) is 44.5 Å². The number of benzene rings is 6. The molecule has 1 radical (unpaired) electrons. The fraction of sp³-hybridized carbons (Fsp3) is 0.0612. The number of rotatable bonds is 5. The predicted octanol–water partition coefficient (Wildman–Crippen LogP) is 11.2. The van der Waals surface area contributed by atoms with Crippen LogP contribution in [-0.4, -0.2) is 18.0 Å². The van der Waals surface area contributed by atoms with Crippen molar-refractivity contribution in [2.45, 2.75) is 20.0 Å². The molecule has 8 aromatic rings. The van der Waals surface area contributed by atoms with Gasteiger partial charge in [0.15, 0.2) is 0 Å². The van der Waals surface area contributed by atoms with Crippen molar-refractivity contribution >= 4 is 18.4 Å². The van der Waals surface area contributed by atoms with Crippen LogP contribution in [0.15, 0.2) is 176 Å². The van der Waals surface area contributed by atoms with Gasteiger partial charge < -0.3 is 9.97 Å². The number of pyridine rings is 2. The van der Waals surface area contributed by atoms with Crippen molar-refractivity contribution in [2.24, 2.45) is 0 Å². The molecule has 0 unspecified atom stereocenters. The normalized spacial score (nSPS) is 12.1. The van der Waals surface area contributed by atoms with Gasteiger partial charge in [0.2, 0.25) is 0 Å². The molecule has 259 valence electrons. The van der Waals surface area contributed by atoms with Gasteiger partial charge in [0.05, 0.1) is 0 Å². The van der Waals surface area contributed by atoms with Crippen LogP contribution < -0.4 is 10.4 Å². The summed E-state index contributed by atoms with van der Waals surface area (Å²) in [6, 6.07) is 66.3. The molecule has 53 heavy (non-hydrogen) atoms. The zero-order chi connectivity index (χ0) is 35.5. The van der Waals surface area contributed by atoms with Gasteiger partial charge in [0, 0.05) is 32.0 Å². The molecule has 6 aromatic carbocycles. The molecule has 2 nitrogen and oxygen atoms in total. The van der Waals surface area contributed by atoms with Gasteiger partial charge >= 0.3 is 0 Å². The number of nitrogens with zero attached hydrogens (tertiary/aromatic N) is 2. The first-order chi connectivity index (χ1) is 25.5. The topological polar surface area (TPSA) is 25.8 Å². The fourth-order valence-corrected chi connectivity index (χ4v) is 10.8. The number of fused-ring (bicyclic) bond motifs is 3. The Balaban J connectivity index is 0.000000263. The van der Waals surface area contributed by atoms with Crippen molar-refractivity contribution < 1.29 is 20.1 Å². The first-order valence-corrected chi connectivity index (χ1v) is 20.7. The maximum absolute atomic E-state index is 4.47. The average molecular weight is 875 g/mol. The van der Waals surface area contributed by atoms with Crippen LogP contribution in [0.4, 0.5) is 0 Å². The van der Waals surface area contributed by atoms with Gasteiger partial charge in [-0.25, -0.2) is 0 Å². The Morgan fingerprint density at radius 2 is 1.08 bits per heavy atom. The largest absolute Gasteiger partial charge is 0.305 e. The van der Waals surface area contributed by atoms with Gasteiger partial charge in [-0.3, -0.25) is 0 Å². The van der Waals surface area contributed by atoms with E-state index in [0.717, 1.165) is 28.2 Å². The molecule has 9 rings (SSSR count). The van der Waals surface area contributed by atoms with E-state index in [9.17, 15) is 0 Å². The summed E-state index contributed by atoms with van der Waals surface area (Å²) in [6.07, 6.45) is 1.82. The van der Waals surface area contributed by atoms with Gasteiger partial charge in [-0.2, -0.15) is 0 Å². The van der Waals surface area contributed by atoms with Crippen LogP contribution >= 0.6 is 0 Å². The van der Waals surface area contributed by atoms with Crippen molar-refractivity contribution in [1.29, 1.82) is 0 Å². The number of hydrogen-bond acceptors (Lipinski definition) is 2. The van der Waals surface area contributed by atoms with E-state index in [0.29, 0.717) is 0 Å². The second-order valence-electron chi connectivity index (χ2n) is 13.7. The van der Waals surface area contributed by atoms with Crippen LogP contribution in [0.3, 0.4) is 0 Å². The molecule has 0 bridgehead atoms. The molecule has 4 heteroatoms. The maximum Gasteiger partial charge on any atom is 0.114 e. The molecule has 1 aliphatic rings. The first kappa shape index (κ1) is 35.9. The smallest absolute Gasteiger partial charge is 0.114 e. The molecule has 3 heterocycles. The molecule has 0 spiro atoms. The Kier molecular flexibility index (Phi) is 10.6. The Morgan fingerprint density at radius 1 is 0.472 bits per heavy atom. The van der Waals surface area contributed by atoms with Gasteiger partial charge in [0.25, 0.3) is 0 Å². The van der Waals surface area contributed by atoms with Gasteiger partial charge in [0.1, 0.15) is 8.07 Å². The minimum Gasteiger partial charge on any atom is -0.305 e. The fourth-order valence-electron chi connectivity index (χ4n) is 7.35. The van der Waals surface area contributed by atoms with Crippen LogP contribution in [0.2, 0.25) is 13.1 Å². The Bertz CT molecular complexity index is 2480. The average Bonchev–Trinajstić information content (AvgIpc) is 3.45. The van der Waals surface area contributed by atoms with Gasteiger partial charge in [-0.15, -0.1) is 71.3 Å². The summed E-state index contributed by atoms with van der Waals surface area (Å²) in [6.45, 7) is 6.97.